The van der Waals surface area contributed by atoms with Crippen LogP contribution in [0.1, 0.15) is 29.5 Å². The van der Waals surface area contributed by atoms with Gasteiger partial charge in [-0.05, 0) is 36.1 Å². The first-order valence-electron chi connectivity index (χ1n) is 8.51. The fourth-order valence-corrected chi connectivity index (χ4v) is 3.31. The van der Waals surface area contributed by atoms with E-state index in [4.69, 9.17) is 0 Å². The summed E-state index contributed by atoms with van der Waals surface area (Å²) in [6.45, 7) is 2.23. The molecule has 1 aliphatic rings. The zero-order valence-corrected chi connectivity index (χ0v) is 13.8. The average Bonchev–Trinajstić information content (AvgIpc) is 3.09. The molecule has 2 aromatic rings. The van der Waals surface area contributed by atoms with Gasteiger partial charge in [0.15, 0.2) is 0 Å². The van der Waals surface area contributed by atoms with E-state index < -0.39 is 0 Å². The second kappa shape index (κ2) is 8.08. The molecule has 1 aliphatic heterocycles. The third kappa shape index (κ3) is 4.02. The summed E-state index contributed by atoms with van der Waals surface area (Å²) in [5, 5.41) is 12.4. The summed E-state index contributed by atoms with van der Waals surface area (Å²) >= 11 is 0. The number of amides is 1. The van der Waals surface area contributed by atoms with E-state index in [-0.39, 0.29) is 18.6 Å². The van der Waals surface area contributed by atoms with Gasteiger partial charge in [0, 0.05) is 13.1 Å². The summed E-state index contributed by atoms with van der Waals surface area (Å²) < 4.78 is 0. The summed E-state index contributed by atoms with van der Waals surface area (Å²) in [6, 6.07) is 17.9. The molecule has 1 fully saturated rings. The number of carbonyl (C=O) groups excluding carboxylic acids is 1. The first kappa shape index (κ1) is 16.7. The molecule has 2 N–H and O–H groups in total. The molecule has 3 rings (SSSR count). The third-order valence-corrected chi connectivity index (χ3v) is 4.64. The monoisotopic (exact) mass is 324 g/mol. The second-order valence-electron chi connectivity index (χ2n) is 6.26. The van der Waals surface area contributed by atoms with E-state index in [9.17, 15) is 9.90 Å². The lowest BCUT2D eigenvalue weighted by Gasteiger charge is -2.24. The maximum atomic E-state index is 12.6. The maximum Gasteiger partial charge on any atom is 0.237 e. The highest BCUT2D eigenvalue weighted by molar-refractivity contribution is 5.82. The lowest BCUT2D eigenvalue weighted by Crippen LogP contribution is -2.42. The summed E-state index contributed by atoms with van der Waals surface area (Å²) in [7, 11) is 0. The van der Waals surface area contributed by atoms with Gasteiger partial charge < -0.3 is 10.4 Å². The van der Waals surface area contributed by atoms with Crippen molar-refractivity contribution in [3.8, 4) is 0 Å². The van der Waals surface area contributed by atoms with Crippen LogP contribution in [0, 0.1) is 0 Å². The van der Waals surface area contributed by atoms with E-state index in [1.165, 1.54) is 5.56 Å². The summed E-state index contributed by atoms with van der Waals surface area (Å²) in [5.74, 6) is 0.0798. The number of nitrogens with one attached hydrogen (secondary N) is 1. The van der Waals surface area contributed by atoms with Crippen molar-refractivity contribution >= 4 is 5.91 Å². The number of benzene rings is 2. The highest BCUT2D eigenvalue weighted by atomic mass is 16.3. The van der Waals surface area contributed by atoms with E-state index in [1.54, 1.807) is 0 Å². The molecule has 1 unspecified atom stereocenters. The number of carbonyl (C=O) groups is 1. The van der Waals surface area contributed by atoms with Crippen LogP contribution in [0.3, 0.4) is 0 Å². The standard InChI is InChI=1S/C20H24N2O2/c23-15-18-10-5-4-9-17(18)13-21-20(24)19-11-6-12-22(19)14-16-7-2-1-3-8-16/h1-5,7-10,19,23H,6,11-15H2,(H,21,24). The van der Waals surface area contributed by atoms with Crippen LogP contribution in [0.4, 0.5) is 0 Å². The molecule has 1 atom stereocenters. The van der Waals surface area contributed by atoms with Crippen molar-refractivity contribution in [2.75, 3.05) is 6.54 Å². The van der Waals surface area contributed by atoms with Gasteiger partial charge in [0.1, 0.15) is 0 Å². The van der Waals surface area contributed by atoms with Crippen LogP contribution in [-0.2, 0) is 24.5 Å². The first-order valence-corrected chi connectivity index (χ1v) is 8.51. The molecule has 1 heterocycles. The molecule has 0 spiro atoms. The zero-order chi connectivity index (χ0) is 16.8. The zero-order valence-electron chi connectivity index (χ0n) is 13.8. The minimum atomic E-state index is -0.0634. The number of likely N-dealkylation sites (tertiary alicyclic amines) is 1. The normalized spacial score (nSPS) is 17.8. The van der Waals surface area contributed by atoms with Crippen molar-refractivity contribution in [2.45, 2.75) is 38.6 Å². The van der Waals surface area contributed by atoms with Crippen molar-refractivity contribution in [3.63, 3.8) is 0 Å². The van der Waals surface area contributed by atoms with E-state index in [0.717, 1.165) is 37.1 Å². The fraction of sp³-hybridized carbons (Fsp3) is 0.350. The Morgan fingerprint density at radius 2 is 1.79 bits per heavy atom. The molecule has 0 saturated carbocycles. The van der Waals surface area contributed by atoms with Crippen molar-refractivity contribution in [1.82, 2.24) is 10.2 Å². The maximum absolute atomic E-state index is 12.6. The van der Waals surface area contributed by atoms with Gasteiger partial charge >= 0.3 is 0 Å². The third-order valence-electron chi connectivity index (χ3n) is 4.64. The van der Waals surface area contributed by atoms with Gasteiger partial charge in [-0.2, -0.15) is 0 Å². The lowest BCUT2D eigenvalue weighted by molar-refractivity contribution is -0.125. The van der Waals surface area contributed by atoms with Crippen molar-refractivity contribution in [2.24, 2.45) is 0 Å². The molecule has 1 amide bonds. The average molecular weight is 324 g/mol. The number of nitrogens with zero attached hydrogens (tertiary/aromatic N) is 1. The summed E-state index contributed by atoms with van der Waals surface area (Å²) in [4.78, 5) is 14.9. The quantitative estimate of drug-likeness (QED) is 0.858. The molecule has 0 radical (unpaired) electrons. The smallest absolute Gasteiger partial charge is 0.237 e. The van der Waals surface area contributed by atoms with Gasteiger partial charge in [-0.3, -0.25) is 9.69 Å². The van der Waals surface area contributed by atoms with Crippen LogP contribution in [0.25, 0.3) is 0 Å². The van der Waals surface area contributed by atoms with Crippen LogP contribution < -0.4 is 5.32 Å². The van der Waals surface area contributed by atoms with Gasteiger partial charge in [0.25, 0.3) is 0 Å². The molecule has 4 nitrogen and oxygen atoms in total. The van der Waals surface area contributed by atoms with E-state index in [1.807, 2.05) is 42.5 Å². The van der Waals surface area contributed by atoms with Gasteiger partial charge in [-0.15, -0.1) is 0 Å². The molecular formula is C20H24N2O2. The largest absolute Gasteiger partial charge is 0.392 e. The molecule has 2 aromatic carbocycles. The predicted molar refractivity (Wildman–Crippen MR) is 94.1 cm³/mol. The summed E-state index contributed by atoms with van der Waals surface area (Å²) in [5.41, 5.74) is 3.08. The molecule has 0 aliphatic carbocycles. The second-order valence-corrected chi connectivity index (χ2v) is 6.26. The molecule has 4 heteroatoms. The van der Waals surface area contributed by atoms with E-state index >= 15 is 0 Å². The van der Waals surface area contributed by atoms with Crippen molar-refractivity contribution in [1.29, 1.82) is 0 Å². The van der Waals surface area contributed by atoms with Crippen LogP contribution in [-0.4, -0.2) is 28.5 Å². The number of aliphatic hydroxyl groups is 1. The van der Waals surface area contributed by atoms with Crippen LogP contribution in [0.2, 0.25) is 0 Å². The Hall–Kier alpha value is -2.17. The van der Waals surface area contributed by atoms with Gasteiger partial charge in [0.2, 0.25) is 5.91 Å². The van der Waals surface area contributed by atoms with Gasteiger partial charge in [0.05, 0.1) is 12.6 Å². The van der Waals surface area contributed by atoms with E-state index in [0.29, 0.717) is 6.54 Å². The molecule has 126 valence electrons. The molecule has 24 heavy (non-hydrogen) atoms. The minimum Gasteiger partial charge on any atom is -0.392 e. The number of hydrogen-bond acceptors (Lipinski definition) is 3. The Labute approximate surface area is 143 Å². The summed E-state index contributed by atoms with van der Waals surface area (Å²) in [6.07, 6.45) is 1.96. The van der Waals surface area contributed by atoms with Gasteiger partial charge in [-0.25, -0.2) is 0 Å². The Morgan fingerprint density at radius 3 is 2.54 bits per heavy atom. The van der Waals surface area contributed by atoms with Crippen molar-refractivity contribution < 1.29 is 9.90 Å². The Bertz CT molecular complexity index is 672. The van der Waals surface area contributed by atoms with Crippen LogP contribution in [0.15, 0.2) is 54.6 Å². The molecule has 1 saturated heterocycles. The molecule has 0 bridgehead atoms. The predicted octanol–water partition coefficient (Wildman–Crippen LogP) is 2.46. The highest BCUT2D eigenvalue weighted by Gasteiger charge is 2.30. The SMILES string of the molecule is O=C(NCc1ccccc1CO)C1CCCN1Cc1ccccc1. The topological polar surface area (TPSA) is 52.6 Å². The fourth-order valence-electron chi connectivity index (χ4n) is 3.31. The molecule has 0 aromatic heterocycles. The van der Waals surface area contributed by atoms with Gasteiger partial charge in [-0.1, -0.05) is 54.6 Å². The highest BCUT2D eigenvalue weighted by Crippen LogP contribution is 2.20. The lowest BCUT2D eigenvalue weighted by atomic mass is 10.1. The number of hydrogen-bond donors (Lipinski definition) is 2. The number of aliphatic hydroxyl groups excluding tert-OH is 1. The first-order chi connectivity index (χ1) is 11.8. The minimum absolute atomic E-state index is 0.00436. The van der Waals surface area contributed by atoms with Crippen molar-refractivity contribution in [3.05, 3.63) is 71.3 Å². The van der Waals surface area contributed by atoms with Crippen LogP contribution >= 0.6 is 0 Å². The molecular weight excluding hydrogens is 300 g/mol. The Balaban J connectivity index is 1.59. The number of rotatable bonds is 6. The van der Waals surface area contributed by atoms with Crippen LogP contribution in [0.5, 0.6) is 0 Å². The Morgan fingerprint density at radius 1 is 1.08 bits per heavy atom. The Kier molecular flexibility index (Phi) is 5.62. The van der Waals surface area contributed by atoms with E-state index in [2.05, 4.69) is 22.3 Å².